The van der Waals surface area contributed by atoms with Crippen molar-refractivity contribution in [2.75, 3.05) is 31.1 Å². The number of benzene rings is 2. The molecule has 0 aliphatic carbocycles. The number of aromatic nitrogens is 2. The predicted octanol–water partition coefficient (Wildman–Crippen LogP) is 3.59. The number of anilines is 1. The largest absolute Gasteiger partial charge is 0.354 e. The average molecular weight is 451 g/mol. The molecule has 2 aromatic carbocycles. The molecular weight excluding hydrogens is 434 g/mol. The molecule has 0 radical (unpaired) electrons. The molecule has 0 saturated carbocycles. The summed E-state index contributed by atoms with van der Waals surface area (Å²) in [6.45, 7) is 1.34. The number of nitrogens with zero attached hydrogens (tertiary/aromatic N) is 4. The molecule has 1 aliphatic heterocycles. The van der Waals surface area contributed by atoms with Crippen LogP contribution < -0.4 is 4.90 Å². The Morgan fingerprint density at radius 2 is 1.60 bits per heavy atom. The maximum atomic E-state index is 13.4. The molecule has 6 nitrogen and oxygen atoms in total. The van der Waals surface area contributed by atoms with Crippen molar-refractivity contribution in [1.29, 1.82) is 0 Å². The Balaban J connectivity index is 1.49. The Labute approximate surface area is 177 Å². The lowest BCUT2D eigenvalue weighted by Gasteiger charge is -2.34. The Kier molecular flexibility index (Phi) is 5.68. The van der Waals surface area contributed by atoms with Gasteiger partial charge in [0.25, 0.3) is 0 Å². The third kappa shape index (κ3) is 4.14. The van der Waals surface area contributed by atoms with Crippen LogP contribution in [0.3, 0.4) is 0 Å². The van der Waals surface area contributed by atoms with E-state index in [-0.39, 0.29) is 28.8 Å². The second-order valence-electron chi connectivity index (χ2n) is 6.74. The molecule has 2 heterocycles. The quantitative estimate of drug-likeness (QED) is 0.607. The fourth-order valence-electron chi connectivity index (χ4n) is 3.24. The Morgan fingerprint density at radius 3 is 2.27 bits per heavy atom. The third-order valence-electron chi connectivity index (χ3n) is 4.88. The zero-order valence-corrected chi connectivity index (χ0v) is 17.2. The van der Waals surface area contributed by atoms with Crippen molar-refractivity contribution in [2.24, 2.45) is 0 Å². The summed E-state index contributed by atoms with van der Waals surface area (Å²) in [6, 6.07) is 11.2. The van der Waals surface area contributed by atoms with E-state index >= 15 is 0 Å². The van der Waals surface area contributed by atoms with Crippen LogP contribution in [0.25, 0.3) is 11.3 Å². The van der Waals surface area contributed by atoms with Crippen LogP contribution in [0, 0.1) is 11.6 Å². The first-order valence-corrected chi connectivity index (χ1v) is 10.9. The molecule has 1 aliphatic rings. The maximum absolute atomic E-state index is 13.4. The lowest BCUT2D eigenvalue weighted by Crippen LogP contribution is -2.48. The minimum absolute atomic E-state index is 0.0389. The van der Waals surface area contributed by atoms with Gasteiger partial charge in [0.15, 0.2) is 0 Å². The van der Waals surface area contributed by atoms with E-state index in [1.165, 1.54) is 28.8 Å². The van der Waals surface area contributed by atoms with Gasteiger partial charge in [-0.25, -0.2) is 27.2 Å². The summed E-state index contributed by atoms with van der Waals surface area (Å²) < 4.78 is 53.5. The van der Waals surface area contributed by atoms with Gasteiger partial charge in [-0.05, 0) is 42.5 Å². The SMILES string of the molecule is O=S(=O)(c1ccc(F)c(Cl)c1)N1CCN(c2cc(-c3ccc(F)cc3)ncn2)CC1. The molecule has 4 rings (SSSR count). The summed E-state index contributed by atoms with van der Waals surface area (Å²) in [5.41, 5.74) is 1.41. The standard InChI is InChI=1S/C20H17ClF2N4O2S/c21-17-11-16(5-6-18(17)23)30(28,29)27-9-7-26(8-10-27)20-12-19(24-13-25-20)14-1-3-15(22)4-2-14/h1-6,11-13H,7-10H2. The molecular formula is C20H17ClF2N4O2S. The second kappa shape index (κ2) is 8.25. The first-order chi connectivity index (χ1) is 14.3. The fraction of sp³-hybridized carbons (Fsp3) is 0.200. The van der Waals surface area contributed by atoms with Crippen LogP contribution in [-0.2, 0) is 10.0 Å². The van der Waals surface area contributed by atoms with E-state index in [9.17, 15) is 17.2 Å². The normalized spacial score (nSPS) is 15.4. The minimum Gasteiger partial charge on any atom is -0.354 e. The van der Waals surface area contributed by atoms with Crippen molar-refractivity contribution in [3.05, 3.63) is 71.5 Å². The maximum Gasteiger partial charge on any atom is 0.243 e. The summed E-state index contributed by atoms with van der Waals surface area (Å²) in [7, 11) is -3.77. The van der Waals surface area contributed by atoms with Crippen LogP contribution in [0.15, 0.2) is 59.8 Å². The van der Waals surface area contributed by atoms with Gasteiger partial charge in [0.1, 0.15) is 23.8 Å². The highest BCUT2D eigenvalue weighted by Gasteiger charge is 2.29. The summed E-state index contributed by atoms with van der Waals surface area (Å²) in [4.78, 5) is 10.4. The number of hydrogen-bond donors (Lipinski definition) is 0. The first-order valence-electron chi connectivity index (χ1n) is 9.13. The number of sulfonamides is 1. The smallest absolute Gasteiger partial charge is 0.243 e. The van der Waals surface area contributed by atoms with Crippen LogP contribution >= 0.6 is 11.6 Å². The van der Waals surface area contributed by atoms with Gasteiger partial charge in [-0.15, -0.1) is 0 Å². The van der Waals surface area contributed by atoms with Crippen LogP contribution in [0.5, 0.6) is 0 Å². The second-order valence-corrected chi connectivity index (χ2v) is 9.08. The van der Waals surface area contributed by atoms with E-state index in [2.05, 4.69) is 9.97 Å². The molecule has 10 heteroatoms. The lowest BCUT2D eigenvalue weighted by molar-refractivity contribution is 0.383. The van der Waals surface area contributed by atoms with Crippen LogP contribution in [0.2, 0.25) is 5.02 Å². The van der Waals surface area contributed by atoms with Gasteiger partial charge >= 0.3 is 0 Å². The highest BCUT2D eigenvalue weighted by molar-refractivity contribution is 7.89. The van der Waals surface area contributed by atoms with E-state index in [4.69, 9.17) is 11.6 Å². The summed E-state index contributed by atoms with van der Waals surface area (Å²) in [5, 5.41) is -0.232. The Hall–Kier alpha value is -2.62. The molecule has 0 bridgehead atoms. The van der Waals surface area contributed by atoms with Crippen molar-refractivity contribution in [1.82, 2.24) is 14.3 Å². The van der Waals surface area contributed by atoms with Crippen molar-refractivity contribution in [2.45, 2.75) is 4.90 Å². The van der Waals surface area contributed by atoms with Crippen molar-refractivity contribution >= 4 is 27.4 Å². The highest BCUT2D eigenvalue weighted by Crippen LogP contribution is 2.25. The molecule has 0 unspecified atom stereocenters. The number of halogens is 3. The van der Waals surface area contributed by atoms with Gasteiger partial charge in [-0.3, -0.25) is 0 Å². The summed E-state index contributed by atoms with van der Waals surface area (Å²) >= 11 is 5.73. The first kappa shape index (κ1) is 20.6. The number of hydrogen-bond acceptors (Lipinski definition) is 5. The molecule has 1 aromatic heterocycles. The Morgan fingerprint density at radius 1 is 0.900 bits per heavy atom. The molecule has 0 spiro atoms. The van der Waals surface area contributed by atoms with E-state index in [1.807, 2.05) is 4.90 Å². The van der Waals surface area contributed by atoms with Crippen LogP contribution in [-0.4, -0.2) is 48.9 Å². The van der Waals surface area contributed by atoms with Crippen LogP contribution in [0.4, 0.5) is 14.6 Å². The zero-order chi connectivity index (χ0) is 21.3. The lowest BCUT2D eigenvalue weighted by atomic mass is 10.1. The van der Waals surface area contributed by atoms with E-state index in [0.29, 0.717) is 24.6 Å². The minimum atomic E-state index is -3.77. The molecule has 0 amide bonds. The summed E-state index contributed by atoms with van der Waals surface area (Å²) in [5.74, 6) is -0.333. The van der Waals surface area contributed by atoms with Gasteiger partial charge in [0, 0.05) is 37.8 Å². The zero-order valence-electron chi connectivity index (χ0n) is 15.7. The van der Waals surface area contributed by atoms with Gasteiger partial charge in [0.2, 0.25) is 10.0 Å². The van der Waals surface area contributed by atoms with Crippen LogP contribution in [0.1, 0.15) is 0 Å². The van der Waals surface area contributed by atoms with E-state index in [0.717, 1.165) is 17.7 Å². The number of rotatable bonds is 4. The molecule has 3 aromatic rings. The van der Waals surface area contributed by atoms with Crippen molar-refractivity contribution in [3.8, 4) is 11.3 Å². The highest BCUT2D eigenvalue weighted by atomic mass is 35.5. The van der Waals surface area contributed by atoms with Gasteiger partial charge in [-0.1, -0.05) is 11.6 Å². The Bertz CT molecular complexity index is 1170. The van der Waals surface area contributed by atoms with Crippen molar-refractivity contribution < 1.29 is 17.2 Å². The van der Waals surface area contributed by atoms with Gasteiger partial charge in [-0.2, -0.15) is 4.31 Å². The molecule has 1 saturated heterocycles. The molecule has 156 valence electrons. The molecule has 0 N–H and O–H groups in total. The summed E-state index contributed by atoms with van der Waals surface area (Å²) in [6.07, 6.45) is 1.43. The topological polar surface area (TPSA) is 66.4 Å². The van der Waals surface area contributed by atoms with E-state index in [1.54, 1.807) is 18.2 Å². The predicted molar refractivity (Wildman–Crippen MR) is 110 cm³/mol. The average Bonchev–Trinajstić information content (AvgIpc) is 2.76. The molecule has 30 heavy (non-hydrogen) atoms. The molecule has 0 atom stereocenters. The monoisotopic (exact) mass is 450 g/mol. The van der Waals surface area contributed by atoms with Gasteiger partial charge < -0.3 is 4.90 Å². The number of piperazine rings is 1. The fourth-order valence-corrected chi connectivity index (χ4v) is 4.94. The molecule has 1 fully saturated rings. The third-order valence-corrected chi connectivity index (χ3v) is 7.07. The van der Waals surface area contributed by atoms with E-state index < -0.39 is 15.8 Å². The van der Waals surface area contributed by atoms with Crippen molar-refractivity contribution in [3.63, 3.8) is 0 Å². The van der Waals surface area contributed by atoms with Gasteiger partial charge in [0.05, 0.1) is 15.6 Å².